The first-order valence-electron chi connectivity index (χ1n) is 8.54. The largest absolute Gasteiger partial charge is 0.351 e. The molecule has 9 nitrogen and oxygen atoms in total. The van der Waals surface area contributed by atoms with Gasteiger partial charge in [-0.1, -0.05) is 12.8 Å². The summed E-state index contributed by atoms with van der Waals surface area (Å²) in [6.07, 6.45) is 5.60. The van der Waals surface area contributed by atoms with E-state index < -0.39 is 11.2 Å². The lowest BCUT2D eigenvalue weighted by Crippen LogP contribution is -2.46. The molecule has 0 aliphatic heterocycles. The van der Waals surface area contributed by atoms with Gasteiger partial charge >= 0.3 is 5.69 Å². The molecule has 1 aliphatic carbocycles. The first-order chi connectivity index (χ1) is 11.9. The third-order valence-corrected chi connectivity index (χ3v) is 5.09. The minimum Gasteiger partial charge on any atom is -0.351 e. The van der Waals surface area contributed by atoms with Crippen LogP contribution in [0, 0.1) is 5.92 Å². The molecule has 2 aromatic rings. The molecule has 2 atom stereocenters. The highest BCUT2D eigenvalue weighted by Crippen LogP contribution is 2.23. The Labute approximate surface area is 144 Å². The Morgan fingerprint density at radius 1 is 1.28 bits per heavy atom. The third kappa shape index (κ3) is 3.11. The number of carbonyl (C=O) groups is 1. The molecule has 0 aromatic carbocycles. The van der Waals surface area contributed by atoms with E-state index >= 15 is 0 Å². The van der Waals surface area contributed by atoms with Crippen LogP contribution in [-0.2, 0) is 25.4 Å². The van der Waals surface area contributed by atoms with Crippen LogP contribution < -0.4 is 22.3 Å². The molecule has 2 aromatic heterocycles. The zero-order chi connectivity index (χ0) is 18.1. The minimum atomic E-state index is -0.457. The van der Waals surface area contributed by atoms with E-state index in [0.29, 0.717) is 12.5 Å². The van der Waals surface area contributed by atoms with Crippen molar-refractivity contribution in [2.75, 3.05) is 6.54 Å². The molecule has 3 N–H and O–H groups in total. The van der Waals surface area contributed by atoms with E-state index in [2.05, 4.69) is 10.3 Å². The third-order valence-electron chi connectivity index (χ3n) is 5.09. The van der Waals surface area contributed by atoms with Crippen molar-refractivity contribution in [2.45, 2.75) is 38.3 Å². The van der Waals surface area contributed by atoms with Crippen molar-refractivity contribution in [3.05, 3.63) is 27.2 Å². The van der Waals surface area contributed by atoms with Crippen molar-refractivity contribution in [3.63, 3.8) is 0 Å². The molecule has 1 fully saturated rings. The van der Waals surface area contributed by atoms with Crippen LogP contribution >= 0.6 is 0 Å². The van der Waals surface area contributed by atoms with Crippen LogP contribution in [0.25, 0.3) is 11.2 Å². The van der Waals surface area contributed by atoms with Crippen LogP contribution in [0.5, 0.6) is 0 Å². The lowest BCUT2D eigenvalue weighted by Gasteiger charge is -2.31. The SMILES string of the molecule is Cn1c(=O)c2c(ncn2CC(=O)NC2CCCCC2CN)n(C)c1=O. The van der Waals surface area contributed by atoms with E-state index in [1.54, 1.807) is 7.05 Å². The van der Waals surface area contributed by atoms with Gasteiger partial charge in [0, 0.05) is 20.1 Å². The summed E-state index contributed by atoms with van der Waals surface area (Å²) in [5, 5.41) is 3.04. The number of imidazole rings is 1. The fourth-order valence-corrected chi connectivity index (χ4v) is 3.60. The zero-order valence-corrected chi connectivity index (χ0v) is 14.6. The molecule has 1 saturated carbocycles. The number of rotatable bonds is 4. The number of fused-ring (bicyclic) bond motifs is 1. The summed E-state index contributed by atoms with van der Waals surface area (Å²) < 4.78 is 3.81. The molecule has 25 heavy (non-hydrogen) atoms. The quantitative estimate of drug-likeness (QED) is 0.740. The van der Waals surface area contributed by atoms with Crippen LogP contribution in [0.3, 0.4) is 0 Å². The number of nitrogens with zero attached hydrogens (tertiary/aromatic N) is 4. The van der Waals surface area contributed by atoms with Crippen LogP contribution in [0.2, 0.25) is 0 Å². The van der Waals surface area contributed by atoms with Gasteiger partial charge in [0.05, 0.1) is 6.33 Å². The van der Waals surface area contributed by atoms with Crippen LogP contribution in [0.1, 0.15) is 25.7 Å². The second-order valence-corrected chi connectivity index (χ2v) is 6.70. The average Bonchev–Trinajstić information content (AvgIpc) is 3.02. The maximum atomic E-state index is 12.5. The maximum absolute atomic E-state index is 12.5. The molecular formula is C16H24N6O3. The van der Waals surface area contributed by atoms with Crippen molar-refractivity contribution in [2.24, 2.45) is 25.7 Å². The fraction of sp³-hybridized carbons (Fsp3) is 0.625. The Bertz CT molecular complexity index is 909. The monoisotopic (exact) mass is 348 g/mol. The van der Waals surface area contributed by atoms with Gasteiger partial charge in [-0.25, -0.2) is 9.78 Å². The molecular weight excluding hydrogens is 324 g/mol. The second kappa shape index (κ2) is 6.83. The summed E-state index contributed by atoms with van der Waals surface area (Å²) >= 11 is 0. The van der Waals surface area contributed by atoms with E-state index in [1.807, 2.05) is 0 Å². The molecule has 0 spiro atoms. The molecule has 1 amide bonds. The molecule has 0 radical (unpaired) electrons. The van der Waals surface area contributed by atoms with Crippen molar-refractivity contribution >= 4 is 17.1 Å². The number of nitrogens with two attached hydrogens (primary N) is 1. The standard InChI is InChI=1S/C16H24N6O3/c1-20-14-13(15(24)21(2)16(20)25)22(9-18-14)8-12(23)19-11-6-4-3-5-10(11)7-17/h9-11H,3-8,17H2,1-2H3,(H,19,23). The minimum absolute atomic E-state index is 0.0161. The molecule has 3 rings (SSSR count). The normalized spacial score (nSPS) is 20.8. The number of hydrogen-bond donors (Lipinski definition) is 2. The smallest absolute Gasteiger partial charge is 0.332 e. The predicted molar refractivity (Wildman–Crippen MR) is 93.2 cm³/mol. The predicted octanol–water partition coefficient (Wildman–Crippen LogP) is -0.933. The molecule has 136 valence electrons. The number of nitrogens with one attached hydrogen (secondary N) is 1. The summed E-state index contributed by atoms with van der Waals surface area (Å²) in [5.74, 6) is 0.117. The van der Waals surface area contributed by atoms with E-state index in [1.165, 1.54) is 22.5 Å². The maximum Gasteiger partial charge on any atom is 0.332 e. The fourth-order valence-electron chi connectivity index (χ4n) is 3.60. The topological polar surface area (TPSA) is 117 Å². The van der Waals surface area contributed by atoms with E-state index in [9.17, 15) is 14.4 Å². The zero-order valence-electron chi connectivity index (χ0n) is 14.6. The van der Waals surface area contributed by atoms with Crippen molar-refractivity contribution in [1.82, 2.24) is 24.0 Å². The van der Waals surface area contributed by atoms with Crippen molar-refractivity contribution < 1.29 is 4.79 Å². The Morgan fingerprint density at radius 3 is 2.72 bits per heavy atom. The van der Waals surface area contributed by atoms with Crippen molar-refractivity contribution in [1.29, 1.82) is 0 Å². The summed E-state index contributed by atoms with van der Waals surface area (Å²) in [6, 6.07) is 0.0771. The highest BCUT2D eigenvalue weighted by Gasteiger charge is 2.25. The highest BCUT2D eigenvalue weighted by molar-refractivity contribution is 5.79. The summed E-state index contributed by atoms with van der Waals surface area (Å²) in [6.45, 7) is 0.541. The van der Waals surface area contributed by atoms with Gasteiger partial charge in [0.25, 0.3) is 5.56 Å². The first-order valence-corrected chi connectivity index (χ1v) is 8.54. The Balaban J connectivity index is 1.85. The van der Waals surface area contributed by atoms with Crippen LogP contribution in [0.4, 0.5) is 0 Å². The Hall–Kier alpha value is -2.42. The Morgan fingerprint density at radius 2 is 2.00 bits per heavy atom. The number of aryl methyl sites for hydroxylation is 1. The lowest BCUT2D eigenvalue weighted by atomic mass is 9.84. The molecule has 0 bridgehead atoms. The first kappa shape index (κ1) is 17.4. The molecule has 2 unspecified atom stereocenters. The van der Waals surface area contributed by atoms with Gasteiger partial charge in [0.2, 0.25) is 5.91 Å². The lowest BCUT2D eigenvalue weighted by molar-refractivity contribution is -0.122. The van der Waals surface area contributed by atoms with Gasteiger partial charge in [0.1, 0.15) is 6.54 Å². The summed E-state index contributed by atoms with van der Waals surface area (Å²) in [5.41, 5.74) is 5.43. The van der Waals surface area contributed by atoms with Gasteiger partial charge in [-0.2, -0.15) is 0 Å². The van der Waals surface area contributed by atoms with Crippen molar-refractivity contribution in [3.8, 4) is 0 Å². The molecule has 2 heterocycles. The van der Waals surface area contributed by atoms with Gasteiger partial charge < -0.3 is 15.6 Å². The number of aromatic nitrogens is 4. The van der Waals surface area contributed by atoms with Gasteiger partial charge in [-0.15, -0.1) is 0 Å². The van der Waals surface area contributed by atoms with Crippen LogP contribution in [0.15, 0.2) is 15.9 Å². The van der Waals surface area contributed by atoms with Gasteiger partial charge in [-0.3, -0.25) is 18.7 Å². The van der Waals surface area contributed by atoms with E-state index in [4.69, 9.17) is 5.73 Å². The number of carbonyl (C=O) groups excluding carboxylic acids is 1. The molecule has 9 heteroatoms. The van der Waals surface area contributed by atoms with Crippen LogP contribution in [-0.4, -0.2) is 37.2 Å². The average molecular weight is 348 g/mol. The second-order valence-electron chi connectivity index (χ2n) is 6.70. The highest BCUT2D eigenvalue weighted by atomic mass is 16.2. The summed E-state index contributed by atoms with van der Waals surface area (Å²) in [7, 11) is 2.96. The van der Waals surface area contributed by atoms with E-state index in [0.717, 1.165) is 30.3 Å². The molecule has 1 aliphatic rings. The van der Waals surface area contributed by atoms with E-state index in [-0.39, 0.29) is 29.7 Å². The van der Waals surface area contributed by atoms with Gasteiger partial charge in [-0.05, 0) is 25.3 Å². The number of amides is 1. The number of hydrogen-bond acceptors (Lipinski definition) is 5. The van der Waals surface area contributed by atoms with Gasteiger partial charge in [0.15, 0.2) is 11.2 Å². The Kier molecular flexibility index (Phi) is 4.76. The summed E-state index contributed by atoms with van der Waals surface area (Å²) in [4.78, 5) is 40.9. The molecule has 0 saturated heterocycles.